The molecule has 0 aliphatic rings. The molecule has 0 saturated heterocycles. The second-order valence-corrected chi connectivity index (χ2v) is 4.57. The summed E-state index contributed by atoms with van der Waals surface area (Å²) in [6.07, 6.45) is -1.60. The van der Waals surface area contributed by atoms with Gasteiger partial charge in [-0.15, -0.1) is 0 Å². The van der Waals surface area contributed by atoms with Gasteiger partial charge < -0.3 is 0 Å². The number of nitrogens with one attached hydrogen (secondary N) is 1. The van der Waals surface area contributed by atoms with Gasteiger partial charge in [0.2, 0.25) is 0 Å². The van der Waals surface area contributed by atoms with Gasteiger partial charge in [0, 0.05) is 12.4 Å². The van der Waals surface area contributed by atoms with E-state index in [2.05, 4.69) is 10.4 Å². The topological polar surface area (TPSA) is 50.9 Å². The first-order chi connectivity index (χ1) is 9.84. The van der Waals surface area contributed by atoms with Crippen LogP contribution in [0, 0.1) is 12.7 Å². The molecule has 0 aliphatic carbocycles. The minimum atomic E-state index is -4.72. The fraction of sp³-hybridized carbons (Fsp3) is 0.214. The Bertz CT molecular complexity index is 640. The van der Waals surface area contributed by atoms with Crippen molar-refractivity contribution in [3.63, 3.8) is 0 Å². The summed E-state index contributed by atoms with van der Waals surface area (Å²) in [5.41, 5.74) is 2.97. The number of pyridine rings is 1. The average Bonchev–Trinajstić information content (AvgIpc) is 2.40. The van der Waals surface area contributed by atoms with Crippen molar-refractivity contribution in [2.75, 3.05) is 0 Å². The largest absolute Gasteiger partial charge is 0.419 e. The van der Waals surface area contributed by atoms with Crippen molar-refractivity contribution in [3.05, 3.63) is 64.7 Å². The van der Waals surface area contributed by atoms with Crippen LogP contribution in [0.15, 0.2) is 36.7 Å². The van der Waals surface area contributed by atoms with Crippen LogP contribution in [0.1, 0.15) is 28.3 Å². The van der Waals surface area contributed by atoms with Crippen molar-refractivity contribution in [1.82, 2.24) is 10.4 Å². The average molecular weight is 299 g/mol. The monoisotopic (exact) mass is 299 g/mol. The number of aryl methyl sites for hydroxylation is 1. The van der Waals surface area contributed by atoms with Crippen LogP contribution in [0.3, 0.4) is 0 Å². The first-order valence-electron chi connectivity index (χ1n) is 6.08. The Hall–Kier alpha value is -1.99. The number of hydrogen-bond donors (Lipinski definition) is 2. The zero-order chi connectivity index (χ0) is 15.6. The molecule has 0 spiro atoms. The first kappa shape index (κ1) is 15.4. The number of hydrogen-bond acceptors (Lipinski definition) is 3. The Balaban J connectivity index is 2.45. The highest BCUT2D eigenvalue weighted by Gasteiger charge is 2.34. The summed E-state index contributed by atoms with van der Waals surface area (Å²) in [5.74, 6) is 4.13. The van der Waals surface area contributed by atoms with Crippen molar-refractivity contribution < 1.29 is 17.6 Å². The summed E-state index contributed by atoms with van der Waals surface area (Å²) in [6, 6.07) is 3.83. The Morgan fingerprint density at radius 3 is 2.48 bits per heavy atom. The molecular weight excluding hydrogens is 286 g/mol. The van der Waals surface area contributed by atoms with Gasteiger partial charge in [0.25, 0.3) is 0 Å². The van der Waals surface area contributed by atoms with Crippen LogP contribution in [0.4, 0.5) is 17.6 Å². The lowest BCUT2D eigenvalue weighted by Gasteiger charge is -2.19. The van der Waals surface area contributed by atoms with Crippen molar-refractivity contribution in [2.45, 2.75) is 19.1 Å². The van der Waals surface area contributed by atoms with Crippen LogP contribution in [0.2, 0.25) is 0 Å². The molecule has 1 atom stereocenters. The van der Waals surface area contributed by atoms with E-state index in [0.717, 1.165) is 11.6 Å². The fourth-order valence-corrected chi connectivity index (χ4v) is 2.08. The summed E-state index contributed by atoms with van der Waals surface area (Å²) in [7, 11) is 0. The van der Waals surface area contributed by atoms with Crippen LogP contribution in [-0.2, 0) is 6.18 Å². The minimum Gasteiger partial charge on any atom is -0.271 e. The maximum absolute atomic E-state index is 13.7. The molecule has 0 saturated carbocycles. The van der Waals surface area contributed by atoms with Crippen molar-refractivity contribution in [3.8, 4) is 0 Å². The first-order valence-corrected chi connectivity index (χ1v) is 6.08. The Morgan fingerprint density at radius 1 is 1.24 bits per heavy atom. The molecular formula is C14H13F4N3. The number of benzene rings is 1. The second-order valence-electron chi connectivity index (χ2n) is 4.57. The van der Waals surface area contributed by atoms with Gasteiger partial charge in [-0.25, -0.2) is 9.82 Å². The molecule has 3 nitrogen and oxygen atoms in total. The number of halogens is 4. The molecule has 1 aromatic heterocycles. The quantitative estimate of drug-likeness (QED) is 0.520. The summed E-state index contributed by atoms with van der Waals surface area (Å²) in [5, 5.41) is 0. The van der Waals surface area contributed by atoms with E-state index in [1.165, 1.54) is 12.3 Å². The lowest BCUT2D eigenvalue weighted by molar-refractivity contribution is -0.140. The third-order valence-corrected chi connectivity index (χ3v) is 3.19. The molecule has 1 unspecified atom stereocenters. The van der Waals surface area contributed by atoms with E-state index in [1.54, 1.807) is 12.3 Å². The van der Waals surface area contributed by atoms with Crippen LogP contribution in [-0.4, -0.2) is 4.98 Å². The molecule has 112 valence electrons. The third kappa shape index (κ3) is 3.20. The molecule has 2 aromatic rings. The molecule has 1 aromatic carbocycles. The standard InChI is InChI=1S/C14H13F4N3/c1-8-4-5-20-7-10(8)13(21-19)9-2-3-11(12(15)6-9)14(16,17)18/h2-7,13,21H,19H2,1H3. The number of alkyl halides is 3. The smallest absolute Gasteiger partial charge is 0.271 e. The molecule has 0 fully saturated rings. The van der Waals surface area contributed by atoms with Crippen LogP contribution < -0.4 is 11.3 Å². The van der Waals surface area contributed by atoms with Gasteiger partial charge in [0.1, 0.15) is 5.82 Å². The van der Waals surface area contributed by atoms with Crippen LogP contribution in [0.5, 0.6) is 0 Å². The summed E-state index contributed by atoms with van der Waals surface area (Å²) < 4.78 is 51.3. The van der Waals surface area contributed by atoms with Crippen molar-refractivity contribution >= 4 is 0 Å². The van der Waals surface area contributed by atoms with Crippen LogP contribution in [0.25, 0.3) is 0 Å². The molecule has 3 N–H and O–H groups in total. The predicted molar refractivity (Wildman–Crippen MR) is 69.5 cm³/mol. The minimum absolute atomic E-state index is 0.291. The number of rotatable bonds is 3. The lowest BCUT2D eigenvalue weighted by atomic mass is 9.96. The van der Waals surface area contributed by atoms with Crippen molar-refractivity contribution in [2.24, 2.45) is 5.84 Å². The maximum Gasteiger partial charge on any atom is 0.419 e. The number of nitrogens with two attached hydrogens (primary N) is 1. The zero-order valence-electron chi connectivity index (χ0n) is 11.1. The van der Waals surface area contributed by atoms with Gasteiger partial charge in [0.15, 0.2) is 0 Å². The van der Waals surface area contributed by atoms with Gasteiger partial charge >= 0.3 is 6.18 Å². The Labute approximate surface area is 118 Å². The highest BCUT2D eigenvalue weighted by molar-refractivity contribution is 5.37. The third-order valence-electron chi connectivity index (χ3n) is 3.19. The van der Waals surface area contributed by atoms with E-state index < -0.39 is 23.6 Å². The van der Waals surface area contributed by atoms with E-state index in [1.807, 2.05) is 6.92 Å². The Morgan fingerprint density at radius 2 is 1.95 bits per heavy atom. The molecule has 0 bridgehead atoms. The molecule has 1 heterocycles. The van der Waals surface area contributed by atoms with E-state index in [4.69, 9.17) is 5.84 Å². The summed E-state index contributed by atoms with van der Waals surface area (Å²) >= 11 is 0. The van der Waals surface area contributed by atoms with Gasteiger partial charge in [-0.2, -0.15) is 13.2 Å². The van der Waals surface area contributed by atoms with E-state index >= 15 is 0 Å². The normalized spacial score (nSPS) is 13.2. The summed E-state index contributed by atoms with van der Waals surface area (Å²) in [4.78, 5) is 3.95. The zero-order valence-corrected chi connectivity index (χ0v) is 11.1. The number of hydrazine groups is 1. The van der Waals surface area contributed by atoms with E-state index in [0.29, 0.717) is 17.2 Å². The van der Waals surface area contributed by atoms with Gasteiger partial charge in [0.05, 0.1) is 11.6 Å². The molecule has 7 heteroatoms. The molecule has 0 amide bonds. The van der Waals surface area contributed by atoms with Gasteiger partial charge in [-0.1, -0.05) is 6.07 Å². The molecule has 21 heavy (non-hydrogen) atoms. The molecule has 0 aliphatic heterocycles. The van der Waals surface area contributed by atoms with Crippen LogP contribution >= 0.6 is 0 Å². The summed E-state index contributed by atoms with van der Waals surface area (Å²) in [6.45, 7) is 1.81. The van der Waals surface area contributed by atoms with Crippen molar-refractivity contribution in [1.29, 1.82) is 0 Å². The second kappa shape index (κ2) is 5.79. The predicted octanol–water partition coefficient (Wildman–Crippen LogP) is 3.10. The van der Waals surface area contributed by atoms with E-state index in [9.17, 15) is 17.6 Å². The molecule has 2 rings (SSSR count). The van der Waals surface area contributed by atoms with Gasteiger partial charge in [-0.3, -0.25) is 10.8 Å². The SMILES string of the molecule is Cc1ccncc1C(NN)c1ccc(C(F)(F)F)c(F)c1. The van der Waals surface area contributed by atoms with E-state index in [-0.39, 0.29) is 0 Å². The lowest BCUT2D eigenvalue weighted by Crippen LogP contribution is -2.29. The highest BCUT2D eigenvalue weighted by atomic mass is 19.4. The highest BCUT2D eigenvalue weighted by Crippen LogP contribution is 2.33. The van der Waals surface area contributed by atoms with Gasteiger partial charge in [-0.05, 0) is 41.8 Å². The maximum atomic E-state index is 13.7. The number of nitrogens with zero attached hydrogens (tertiary/aromatic N) is 1. The Kier molecular flexibility index (Phi) is 4.24. The number of aromatic nitrogens is 1. The fourth-order valence-electron chi connectivity index (χ4n) is 2.08. The molecule has 0 radical (unpaired) electrons.